The number of nitrogens with zero attached hydrogens (tertiary/aromatic N) is 2. The molecule has 1 aromatic heterocycles. The van der Waals surface area contributed by atoms with Gasteiger partial charge in [0, 0.05) is 30.9 Å². The van der Waals surface area contributed by atoms with E-state index in [0.29, 0.717) is 0 Å². The summed E-state index contributed by atoms with van der Waals surface area (Å²) in [6, 6.07) is 3.82. The number of likely N-dealkylation sites (tertiary alicyclic amines) is 1. The Bertz CT molecular complexity index is 511. The van der Waals surface area contributed by atoms with E-state index in [-0.39, 0.29) is 11.3 Å². The molecule has 116 valence electrons. The summed E-state index contributed by atoms with van der Waals surface area (Å²) in [7, 11) is 0. The minimum absolute atomic E-state index is 0.138. The minimum atomic E-state index is 0.138. The molecule has 21 heavy (non-hydrogen) atoms. The molecule has 1 fully saturated rings. The Kier molecular flexibility index (Phi) is 4.86. The highest BCUT2D eigenvalue weighted by Crippen LogP contribution is 2.29. The molecule has 1 N–H and O–H groups in total. The van der Waals surface area contributed by atoms with Crippen molar-refractivity contribution in [1.29, 1.82) is 0 Å². The van der Waals surface area contributed by atoms with E-state index in [1.165, 1.54) is 6.42 Å². The SMILES string of the molecule is CCNc1cc(C(=O)N2CCCC(C)(C)C2)cc(CC)n1. The van der Waals surface area contributed by atoms with Crippen molar-refractivity contribution < 1.29 is 4.79 Å². The number of piperidine rings is 1. The van der Waals surface area contributed by atoms with Crippen LogP contribution in [-0.4, -0.2) is 35.4 Å². The minimum Gasteiger partial charge on any atom is -0.370 e. The molecule has 1 aliphatic rings. The number of carbonyl (C=O) groups excluding carboxylic acids is 1. The van der Waals surface area contributed by atoms with Crippen LogP contribution in [0.2, 0.25) is 0 Å². The number of hydrogen-bond acceptors (Lipinski definition) is 3. The molecule has 2 rings (SSSR count). The summed E-state index contributed by atoms with van der Waals surface area (Å²) in [5.41, 5.74) is 1.95. The zero-order valence-corrected chi connectivity index (χ0v) is 13.7. The molecule has 1 saturated heterocycles. The van der Waals surface area contributed by atoms with Crippen LogP contribution in [0.25, 0.3) is 0 Å². The first-order valence-electron chi connectivity index (χ1n) is 7.99. The summed E-state index contributed by atoms with van der Waals surface area (Å²) < 4.78 is 0. The van der Waals surface area contributed by atoms with Crippen molar-refractivity contribution in [2.45, 2.75) is 47.0 Å². The fraction of sp³-hybridized carbons (Fsp3) is 0.647. The van der Waals surface area contributed by atoms with Gasteiger partial charge in [-0.05, 0) is 43.7 Å². The van der Waals surface area contributed by atoms with Gasteiger partial charge in [0.25, 0.3) is 5.91 Å². The third-order valence-corrected chi connectivity index (χ3v) is 4.03. The molecule has 0 aromatic carbocycles. The van der Waals surface area contributed by atoms with Crippen LogP contribution in [0.1, 0.15) is 56.6 Å². The topological polar surface area (TPSA) is 45.2 Å². The number of nitrogens with one attached hydrogen (secondary N) is 1. The van der Waals surface area contributed by atoms with E-state index in [9.17, 15) is 4.79 Å². The number of amides is 1. The highest BCUT2D eigenvalue weighted by Gasteiger charge is 2.29. The van der Waals surface area contributed by atoms with E-state index in [4.69, 9.17) is 0 Å². The number of anilines is 1. The molecule has 0 radical (unpaired) electrons. The molecule has 1 aromatic rings. The fourth-order valence-electron chi connectivity index (χ4n) is 2.94. The molecule has 0 aliphatic carbocycles. The van der Waals surface area contributed by atoms with E-state index in [0.717, 1.165) is 49.6 Å². The van der Waals surface area contributed by atoms with E-state index in [1.54, 1.807) is 0 Å². The van der Waals surface area contributed by atoms with Gasteiger partial charge in [0.2, 0.25) is 0 Å². The van der Waals surface area contributed by atoms with E-state index >= 15 is 0 Å². The van der Waals surface area contributed by atoms with Crippen molar-refractivity contribution in [1.82, 2.24) is 9.88 Å². The molecule has 0 unspecified atom stereocenters. The lowest BCUT2D eigenvalue weighted by Gasteiger charge is -2.38. The molecule has 4 heteroatoms. The third-order valence-electron chi connectivity index (χ3n) is 4.03. The summed E-state index contributed by atoms with van der Waals surface area (Å²) in [5, 5.41) is 3.21. The van der Waals surface area contributed by atoms with Gasteiger partial charge in [-0.25, -0.2) is 4.98 Å². The Labute approximate surface area is 127 Å². The first-order chi connectivity index (χ1) is 9.95. The second-order valence-electron chi connectivity index (χ2n) is 6.61. The Balaban J connectivity index is 2.23. The van der Waals surface area contributed by atoms with E-state index in [1.807, 2.05) is 24.0 Å². The van der Waals surface area contributed by atoms with Gasteiger partial charge in [0.15, 0.2) is 0 Å². The van der Waals surface area contributed by atoms with Crippen molar-refractivity contribution in [3.63, 3.8) is 0 Å². The van der Waals surface area contributed by atoms with Crippen LogP contribution in [-0.2, 0) is 6.42 Å². The van der Waals surface area contributed by atoms with Crippen LogP contribution in [0.15, 0.2) is 12.1 Å². The van der Waals surface area contributed by atoms with Gasteiger partial charge in [-0.1, -0.05) is 20.8 Å². The lowest BCUT2D eigenvalue weighted by atomic mass is 9.84. The zero-order chi connectivity index (χ0) is 15.5. The lowest BCUT2D eigenvalue weighted by molar-refractivity contribution is 0.0583. The summed E-state index contributed by atoms with van der Waals surface area (Å²) in [6.45, 7) is 11.1. The molecular weight excluding hydrogens is 262 g/mol. The van der Waals surface area contributed by atoms with E-state index in [2.05, 4.69) is 31.1 Å². The number of aryl methyl sites for hydroxylation is 1. The van der Waals surface area contributed by atoms with Gasteiger partial charge in [-0.15, -0.1) is 0 Å². The summed E-state index contributed by atoms with van der Waals surface area (Å²) >= 11 is 0. The van der Waals surface area contributed by atoms with Gasteiger partial charge in [0.05, 0.1) is 0 Å². The van der Waals surface area contributed by atoms with Crippen LogP contribution in [0.3, 0.4) is 0 Å². The highest BCUT2D eigenvalue weighted by atomic mass is 16.2. The number of hydrogen-bond donors (Lipinski definition) is 1. The fourth-order valence-corrected chi connectivity index (χ4v) is 2.94. The van der Waals surface area contributed by atoms with Crippen LogP contribution < -0.4 is 5.32 Å². The van der Waals surface area contributed by atoms with Gasteiger partial charge in [-0.2, -0.15) is 0 Å². The standard InChI is InChI=1S/C17H27N3O/c1-5-14-10-13(11-15(19-14)18-6-2)16(21)20-9-7-8-17(3,4)12-20/h10-11H,5-9,12H2,1-4H3,(H,18,19). The normalized spacial score (nSPS) is 17.6. The zero-order valence-electron chi connectivity index (χ0n) is 13.7. The predicted molar refractivity (Wildman–Crippen MR) is 86.7 cm³/mol. The average Bonchev–Trinajstić information content (AvgIpc) is 2.45. The summed E-state index contributed by atoms with van der Waals surface area (Å²) in [4.78, 5) is 19.3. The van der Waals surface area contributed by atoms with Gasteiger partial charge < -0.3 is 10.2 Å². The first-order valence-corrected chi connectivity index (χ1v) is 7.99. The Hall–Kier alpha value is -1.58. The molecule has 1 amide bonds. The maximum Gasteiger partial charge on any atom is 0.254 e. The van der Waals surface area contributed by atoms with Crippen molar-refractivity contribution in [3.05, 3.63) is 23.4 Å². The second kappa shape index (κ2) is 6.46. The van der Waals surface area contributed by atoms with Crippen LogP contribution in [0.5, 0.6) is 0 Å². The van der Waals surface area contributed by atoms with Crippen molar-refractivity contribution >= 4 is 11.7 Å². The number of rotatable bonds is 4. The Morgan fingerprint density at radius 3 is 2.76 bits per heavy atom. The van der Waals surface area contributed by atoms with Crippen LogP contribution in [0, 0.1) is 5.41 Å². The number of pyridine rings is 1. The predicted octanol–water partition coefficient (Wildman–Crippen LogP) is 3.34. The first kappa shape index (κ1) is 15.8. The average molecular weight is 289 g/mol. The van der Waals surface area contributed by atoms with Crippen molar-refractivity contribution in [2.75, 3.05) is 25.0 Å². The van der Waals surface area contributed by atoms with Gasteiger partial charge in [-0.3, -0.25) is 4.79 Å². The monoisotopic (exact) mass is 289 g/mol. The quantitative estimate of drug-likeness (QED) is 0.924. The molecule has 0 bridgehead atoms. The van der Waals surface area contributed by atoms with Crippen LogP contribution in [0.4, 0.5) is 5.82 Å². The third kappa shape index (κ3) is 3.96. The molecule has 2 heterocycles. The largest absolute Gasteiger partial charge is 0.370 e. The van der Waals surface area contributed by atoms with Gasteiger partial charge >= 0.3 is 0 Å². The second-order valence-corrected chi connectivity index (χ2v) is 6.61. The summed E-state index contributed by atoms with van der Waals surface area (Å²) in [5.74, 6) is 0.940. The lowest BCUT2D eigenvalue weighted by Crippen LogP contribution is -2.43. The Morgan fingerprint density at radius 2 is 2.14 bits per heavy atom. The maximum absolute atomic E-state index is 12.8. The molecule has 0 atom stereocenters. The summed E-state index contributed by atoms with van der Waals surface area (Å²) in [6.07, 6.45) is 3.12. The Morgan fingerprint density at radius 1 is 1.38 bits per heavy atom. The molecule has 4 nitrogen and oxygen atoms in total. The maximum atomic E-state index is 12.8. The molecule has 0 saturated carbocycles. The molecule has 1 aliphatic heterocycles. The number of carbonyl (C=O) groups is 1. The van der Waals surface area contributed by atoms with E-state index < -0.39 is 0 Å². The van der Waals surface area contributed by atoms with Gasteiger partial charge in [0.1, 0.15) is 5.82 Å². The van der Waals surface area contributed by atoms with Crippen LogP contribution >= 0.6 is 0 Å². The van der Waals surface area contributed by atoms with Crippen molar-refractivity contribution in [2.24, 2.45) is 5.41 Å². The number of aromatic nitrogens is 1. The van der Waals surface area contributed by atoms with Crippen molar-refractivity contribution in [3.8, 4) is 0 Å². The highest BCUT2D eigenvalue weighted by molar-refractivity contribution is 5.95. The smallest absolute Gasteiger partial charge is 0.254 e. The molecular formula is C17H27N3O. The molecule has 0 spiro atoms.